The van der Waals surface area contributed by atoms with Crippen molar-refractivity contribution in [2.24, 2.45) is 0 Å². The number of hydrogen-bond acceptors (Lipinski definition) is 3. The molecule has 152 valence electrons. The number of hydrogen-bond donors (Lipinski definition) is 0. The van der Waals surface area contributed by atoms with Crippen LogP contribution in [-0.2, 0) is 19.7 Å². The highest BCUT2D eigenvalue weighted by atomic mass is 16.5. The Hall–Kier alpha value is -3.07. The molecule has 0 aromatic heterocycles. The Morgan fingerprint density at radius 1 is 0.966 bits per heavy atom. The molecular weight excluding hydrogens is 360 g/mol. The average molecular weight is 391 g/mol. The number of methoxy groups -OCH3 is 2. The summed E-state index contributed by atoms with van der Waals surface area (Å²) < 4.78 is 9.97. The molecule has 2 rings (SSSR count). The van der Waals surface area contributed by atoms with E-state index in [9.17, 15) is 4.79 Å². The summed E-state index contributed by atoms with van der Waals surface area (Å²) >= 11 is 0. The van der Waals surface area contributed by atoms with Crippen molar-refractivity contribution in [2.45, 2.75) is 33.1 Å². The maximum Gasteiger partial charge on any atom is 0.341 e. The number of carbonyl (C=O) groups is 1. The van der Waals surface area contributed by atoms with E-state index in [0.29, 0.717) is 5.57 Å². The zero-order chi connectivity index (χ0) is 21.4. The van der Waals surface area contributed by atoms with Crippen LogP contribution >= 0.6 is 0 Å². The second-order valence-electron chi connectivity index (χ2n) is 7.94. The van der Waals surface area contributed by atoms with Crippen LogP contribution in [0.4, 0.5) is 0 Å². The monoisotopic (exact) mass is 390 g/mol. The molecule has 3 nitrogen and oxygen atoms in total. The smallest absolute Gasteiger partial charge is 0.341 e. The lowest BCUT2D eigenvalue weighted by Gasteiger charge is -2.18. The molecule has 0 amide bonds. The molecule has 0 N–H and O–H groups in total. The molecule has 0 spiro atoms. The minimum absolute atomic E-state index is 0.147. The number of benzene rings is 2. The van der Waals surface area contributed by atoms with Crippen molar-refractivity contribution >= 4 is 23.7 Å². The van der Waals surface area contributed by atoms with E-state index in [1.807, 2.05) is 36.4 Å². The van der Waals surface area contributed by atoms with Crippen molar-refractivity contribution in [3.05, 3.63) is 88.7 Å². The zero-order valence-corrected chi connectivity index (χ0v) is 18.2. The molecule has 0 bridgehead atoms. The summed E-state index contributed by atoms with van der Waals surface area (Å²) in [6.45, 7) is 8.70. The van der Waals surface area contributed by atoms with Gasteiger partial charge in [0.2, 0.25) is 0 Å². The van der Waals surface area contributed by atoms with Crippen molar-refractivity contribution in [1.82, 2.24) is 0 Å². The van der Waals surface area contributed by atoms with Gasteiger partial charge >= 0.3 is 5.97 Å². The van der Waals surface area contributed by atoms with Gasteiger partial charge in [-0.1, -0.05) is 93.1 Å². The fraction of sp³-hybridized carbons (Fsp3) is 0.269. The highest BCUT2D eigenvalue weighted by Crippen LogP contribution is 2.24. The molecule has 0 aliphatic carbocycles. The molecule has 0 heterocycles. The van der Waals surface area contributed by atoms with Crippen molar-refractivity contribution in [1.29, 1.82) is 0 Å². The van der Waals surface area contributed by atoms with Crippen LogP contribution in [0, 0.1) is 0 Å². The predicted octanol–water partition coefficient (Wildman–Crippen LogP) is 6.26. The zero-order valence-electron chi connectivity index (χ0n) is 18.2. The number of carbonyl (C=O) groups excluding carboxylic acids is 1. The fourth-order valence-corrected chi connectivity index (χ4v) is 2.95. The van der Waals surface area contributed by atoms with E-state index in [-0.39, 0.29) is 5.41 Å². The lowest BCUT2D eigenvalue weighted by Crippen LogP contribution is -2.10. The molecule has 2 aromatic rings. The number of allylic oxidation sites excluding steroid dienone is 2. The Morgan fingerprint density at radius 3 is 2.21 bits per heavy atom. The minimum atomic E-state index is -0.432. The normalized spacial score (nSPS) is 12.9. The Bertz CT molecular complexity index is 923. The third-order valence-electron chi connectivity index (χ3n) is 4.59. The summed E-state index contributed by atoms with van der Waals surface area (Å²) in [5, 5.41) is 0. The average Bonchev–Trinajstić information content (AvgIpc) is 2.70. The van der Waals surface area contributed by atoms with Gasteiger partial charge < -0.3 is 9.47 Å². The lowest BCUT2D eigenvalue weighted by atomic mass is 9.86. The maximum atomic E-state index is 12.1. The quantitative estimate of drug-likeness (QED) is 0.253. The van der Waals surface area contributed by atoms with Gasteiger partial charge in [-0.05, 0) is 34.6 Å². The first-order chi connectivity index (χ1) is 13.8. The third-order valence-corrected chi connectivity index (χ3v) is 4.59. The molecule has 0 saturated heterocycles. The Labute approximate surface area is 174 Å². The minimum Gasteiger partial charge on any atom is -0.503 e. The highest BCUT2D eigenvalue weighted by molar-refractivity contribution is 6.17. The first-order valence-corrected chi connectivity index (χ1v) is 9.64. The van der Waals surface area contributed by atoms with E-state index in [4.69, 9.17) is 9.47 Å². The molecule has 0 atom stereocenters. The largest absolute Gasteiger partial charge is 0.503 e. The Balaban J connectivity index is 2.29. The van der Waals surface area contributed by atoms with Crippen LogP contribution in [0.2, 0.25) is 0 Å². The summed E-state index contributed by atoms with van der Waals surface area (Å²) in [4.78, 5) is 12.1. The third kappa shape index (κ3) is 6.21. The molecule has 0 aliphatic heterocycles. The van der Waals surface area contributed by atoms with E-state index in [1.54, 1.807) is 0 Å². The first kappa shape index (κ1) is 22.2. The fourth-order valence-electron chi connectivity index (χ4n) is 2.95. The summed E-state index contributed by atoms with van der Waals surface area (Å²) in [6, 6.07) is 16.3. The lowest BCUT2D eigenvalue weighted by molar-refractivity contribution is -0.133. The first-order valence-electron chi connectivity index (χ1n) is 9.64. The molecule has 0 aliphatic rings. The second kappa shape index (κ2) is 9.92. The Morgan fingerprint density at radius 2 is 1.62 bits per heavy atom. The van der Waals surface area contributed by atoms with Crippen LogP contribution in [0.5, 0.6) is 0 Å². The van der Waals surface area contributed by atoms with E-state index in [2.05, 4.69) is 58.0 Å². The van der Waals surface area contributed by atoms with Gasteiger partial charge in [0, 0.05) is 0 Å². The van der Waals surface area contributed by atoms with Gasteiger partial charge in [0.15, 0.2) is 0 Å². The van der Waals surface area contributed by atoms with Gasteiger partial charge in [-0.15, -0.1) is 0 Å². The van der Waals surface area contributed by atoms with E-state index in [1.165, 1.54) is 26.0 Å². The van der Waals surface area contributed by atoms with Crippen molar-refractivity contribution in [3.8, 4) is 0 Å². The van der Waals surface area contributed by atoms with Gasteiger partial charge in [-0.2, -0.15) is 0 Å². The van der Waals surface area contributed by atoms with E-state index < -0.39 is 5.97 Å². The molecule has 0 fully saturated rings. The molecule has 0 unspecified atom stereocenters. The van der Waals surface area contributed by atoms with Crippen LogP contribution in [0.25, 0.3) is 17.7 Å². The topological polar surface area (TPSA) is 35.5 Å². The molecule has 2 aromatic carbocycles. The summed E-state index contributed by atoms with van der Waals surface area (Å²) in [5.74, 6) is -0.432. The van der Waals surface area contributed by atoms with Crippen molar-refractivity contribution in [3.63, 3.8) is 0 Å². The van der Waals surface area contributed by atoms with Crippen LogP contribution < -0.4 is 0 Å². The predicted molar refractivity (Wildman–Crippen MR) is 121 cm³/mol. The maximum absolute atomic E-state index is 12.1. The van der Waals surface area contributed by atoms with E-state index in [0.717, 1.165) is 22.3 Å². The van der Waals surface area contributed by atoms with Gasteiger partial charge in [-0.25, -0.2) is 4.79 Å². The number of rotatable bonds is 6. The summed E-state index contributed by atoms with van der Waals surface area (Å²) in [7, 11) is 2.88. The molecule has 3 heteroatoms. The van der Waals surface area contributed by atoms with Gasteiger partial charge in [0.05, 0.1) is 20.5 Å². The molecule has 0 saturated carbocycles. The highest BCUT2D eigenvalue weighted by Gasteiger charge is 2.15. The number of ether oxygens (including phenoxy) is 2. The van der Waals surface area contributed by atoms with Gasteiger partial charge in [0.25, 0.3) is 0 Å². The SMILES string of the molecule is COC=C(C(=O)OC)c1ccccc1C=CC(C)=Cc1ccc(C(C)(C)C)cc1. The Kier molecular flexibility index (Phi) is 7.60. The molecule has 0 radical (unpaired) electrons. The summed E-state index contributed by atoms with van der Waals surface area (Å²) in [6.07, 6.45) is 7.59. The van der Waals surface area contributed by atoms with E-state index >= 15 is 0 Å². The molecular formula is C26H30O3. The van der Waals surface area contributed by atoms with Crippen LogP contribution in [0.3, 0.4) is 0 Å². The standard InChI is InChI=1S/C26H30O3/c1-19(17-20-12-15-22(16-13-20)26(2,3)4)11-14-21-9-7-8-10-23(21)24(18-28-5)25(27)29-6/h7-18H,1-6H3. The van der Waals surface area contributed by atoms with Crippen LogP contribution in [0.15, 0.2) is 66.4 Å². The molecule has 29 heavy (non-hydrogen) atoms. The van der Waals surface area contributed by atoms with Gasteiger partial charge in [0.1, 0.15) is 5.57 Å². The van der Waals surface area contributed by atoms with Crippen LogP contribution in [0.1, 0.15) is 49.9 Å². The summed E-state index contributed by atoms with van der Waals surface area (Å²) in [5.41, 5.74) is 5.79. The van der Waals surface area contributed by atoms with Crippen molar-refractivity contribution < 1.29 is 14.3 Å². The number of esters is 1. The van der Waals surface area contributed by atoms with Crippen LogP contribution in [-0.4, -0.2) is 20.2 Å². The van der Waals surface area contributed by atoms with Crippen molar-refractivity contribution in [2.75, 3.05) is 14.2 Å². The van der Waals surface area contributed by atoms with Gasteiger partial charge in [-0.3, -0.25) is 0 Å². The second-order valence-corrected chi connectivity index (χ2v) is 7.94.